The maximum atomic E-state index is 12.6. The largest absolute Gasteiger partial charge is 0.379 e. The Bertz CT molecular complexity index is 468. The molecule has 122 valence electrons. The van der Waals surface area contributed by atoms with Crippen molar-refractivity contribution in [3.8, 4) is 0 Å². The minimum atomic E-state index is 0.152. The minimum Gasteiger partial charge on any atom is -0.379 e. The quantitative estimate of drug-likeness (QED) is 0.884. The summed E-state index contributed by atoms with van der Waals surface area (Å²) < 4.78 is 5.47. The van der Waals surface area contributed by atoms with Crippen molar-refractivity contribution in [3.63, 3.8) is 0 Å². The first-order valence-electron chi connectivity index (χ1n) is 8.06. The number of rotatable bonds is 5. The number of amides is 1. The number of ether oxygens (including phenoxy) is 1. The normalized spacial score (nSPS) is 24.3. The minimum absolute atomic E-state index is 0.152. The van der Waals surface area contributed by atoms with Crippen LogP contribution in [0.15, 0.2) is 17.5 Å². The molecule has 1 aromatic rings. The molecule has 1 aromatic heterocycles. The number of likely N-dealkylation sites (N-methyl/N-ethyl adjacent to an activating group) is 1. The maximum Gasteiger partial charge on any atom is 0.226 e. The lowest BCUT2D eigenvalue weighted by Crippen LogP contribution is -2.45. The molecule has 0 saturated carbocycles. The van der Waals surface area contributed by atoms with Crippen molar-refractivity contribution < 1.29 is 9.53 Å². The van der Waals surface area contributed by atoms with E-state index in [9.17, 15) is 4.79 Å². The van der Waals surface area contributed by atoms with Crippen molar-refractivity contribution in [2.75, 3.05) is 53.0 Å². The summed E-state index contributed by atoms with van der Waals surface area (Å²) in [5, 5.41) is 5.40. The summed E-state index contributed by atoms with van der Waals surface area (Å²) >= 11 is 1.78. The Kier molecular flexibility index (Phi) is 5.46. The highest BCUT2D eigenvalue weighted by molar-refractivity contribution is 7.10. The number of thiophene rings is 1. The van der Waals surface area contributed by atoms with Gasteiger partial charge in [-0.15, -0.1) is 11.3 Å². The average Bonchev–Trinajstić information content (AvgIpc) is 3.25. The predicted octanol–water partition coefficient (Wildman–Crippen LogP) is 1.19. The third-order valence-corrected chi connectivity index (χ3v) is 5.56. The Labute approximate surface area is 136 Å². The molecule has 0 aromatic carbocycles. The van der Waals surface area contributed by atoms with Gasteiger partial charge in [-0.2, -0.15) is 0 Å². The average molecular weight is 323 g/mol. The second-order valence-electron chi connectivity index (χ2n) is 6.09. The second kappa shape index (κ2) is 7.55. The van der Waals surface area contributed by atoms with Crippen molar-refractivity contribution in [2.24, 2.45) is 5.92 Å². The van der Waals surface area contributed by atoms with Crippen molar-refractivity contribution in [1.29, 1.82) is 0 Å². The molecular formula is C16H25N3O2S. The molecule has 0 radical (unpaired) electrons. The van der Waals surface area contributed by atoms with Crippen molar-refractivity contribution in [1.82, 2.24) is 15.1 Å². The molecule has 2 aliphatic rings. The molecule has 2 atom stereocenters. The highest BCUT2D eigenvalue weighted by atomic mass is 32.1. The van der Waals surface area contributed by atoms with Crippen LogP contribution < -0.4 is 5.32 Å². The number of hydrogen-bond acceptors (Lipinski definition) is 5. The predicted molar refractivity (Wildman–Crippen MR) is 88.1 cm³/mol. The lowest BCUT2D eigenvalue weighted by molar-refractivity contribution is -0.134. The smallest absolute Gasteiger partial charge is 0.226 e. The van der Waals surface area contributed by atoms with Crippen LogP contribution in [0.3, 0.4) is 0 Å². The van der Waals surface area contributed by atoms with Crippen LogP contribution >= 0.6 is 11.3 Å². The third kappa shape index (κ3) is 3.68. The SMILES string of the molecule is CN(CC(c1cccs1)N1CCOCC1)C(=O)C1CCNC1. The molecule has 2 aliphatic heterocycles. The molecule has 22 heavy (non-hydrogen) atoms. The van der Waals surface area contributed by atoms with E-state index in [1.54, 1.807) is 11.3 Å². The fourth-order valence-corrected chi connectivity index (χ4v) is 4.13. The van der Waals surface area contributed by atoms with Gasteiger partial charge < -0.3 is 15.0 Å². The Morgan fingerprint density at radius 1 is 1.55 bits per heavy atom. The van der Waals surface area contributed by atoms with Gasteiger partial charge in [0.1, 0.15) is 0 Å². The van der Waals surface area contributed by atoms with Crippen LogP contribution in [0.5, 0.6) is 0 Å². The van der Waals surface area contributed by atoms with E-state index in [1.807, 2.05) is 11.9 Å². The summed E-state index contributed by atoms with van der Waals surface area (Å²) in [5.41, 5.74) is 0. The first kappa shape index (κ1) is 15.9. The summed E-state index contributed by atoms with van der Waals surface area (Å²) in [6.07, 6.45) is 0.963. The van der Waals surface area contributed by atoms with Gasteiger partial charge in [0.2, 0.25) is 5.91 Å². The standard InChI is InChI=1S/C16H25N3O2S/c1-18(16(20)13-4-5-17-11-13)12-14(15-3-2-10-22-15)19-6-8-21-9-7-19/h2-3,10,13-14,17H,4-9,11-12H2,1H3. The molecule has 0 aliphatic carbocycles. The van der Waals surface area contributed by atoms with Crippen molar-refractivity contribution in [3.05, 3.63) is 22.4 Å². The third-order valence-electron chi connectivity index (χ3n) is 4.59. The van der Waals surface area contributed by atoms with Gasteiger partial charge in [-0.1, -0.05) is 6.07 Å². The van der Waals surface area contributed by atoms with Gasteiger partial charge in [-0.05, 0) is 24.4 Å². The summed E-state index contributed by atoms with van der Waals surface area (Å²) in [5.74, 6) is 0.429. The number of carbonyl (C=O) groups excluding carboxylic acids is 1. The molecule has 3 rings (SSSR count). The Hall–Kier alpha value is -0.950. The molecule has 0 spiro atoms. The monoisotopic (exact) mass is 323 g/mol. The molecule has 3 heterocycles. The fourth-order valence-electron chi connectivity index (χ4n) is 3.28. The summed E-state index contributed by atoms with van der Waals surface area (Å²) in [6, 6.07) is 4.56. The molecule has 6 heteroatoms. The molecule has 2 saturated heterocycles. The molecule has 2 unspecified atom stereocenters. The molecule has 2 fully saturated rings. The van der Waals surface area contributed by atoms with E-state index in [1.165, 1.54) is 4.88 Å². The van der Waals surface area contributed by atoms with E-state index in [-0.39, 0.29) is 17.9 Å². The van der Waals surface area contributed by atoms with Gasteiger partial charge >= 0.3 is 0 Å². The van der Waals surface area contributed by atoms with Gasteiger partial charge in [-0.25, -0.2) is 0 Å². The van der Waals surface area contributed by atoms with Gasteiger partial charge in [0, 0.05) is 38.1 Å². The number of morpholine rings is 1. The number of carbonyl (C=O) groups is 1. The van der Waals surface area contributed by atoms with Crippen LogP contribution in [-0.2, 0) is 9.53 Å². The Morgan fingerprint density at radius 2 is 2.36 bits per heavy atom. The summed E-state index contributed by atoms with van der Waals surface area (Å²) in [4.78, 5) is 18.3. The van der Waals surface area contributed by atoms with E-state index in [0.717, 1.165) is 52.4 Å². The van der Waals surface area contributed by atoms with E-state index >= 15 is 0 Å². The van der Waals surface area contributed by atoms with Crippen LogP contribution in [-0.4, -0.2) is 68.7 Å². The van der Waals surface area contributed by atoms with Gasteiger partial charge in [0.05, 0.1) is 25.2 Å². The van der Waals surface area contributed by atoms with Crippen LogP contribution in [0.4, 0.5) is 0 Å². The molecule has 1 amide bonds. The number of hydrogen-bond donors (Lipinski definition) is 1. The second-order valence-corrected chi connectivity index (χ2v) is 7.07. The van der Waals surface area contributed by atoms with Gasteiger partial charge in [-0.3, -0.25) is 9.69 Å². The van der Waals surface area contributed by atoms with E-state index in [2.05, 4.69) is 27.7 Å². The van der Waals surface area contributed by atoms with E-state index in [4.69, 9.17) is 4.74 Å². The fraction of sp³-hybridized carbons (Fsp3) is 0.688. The Morgan fingerprint density at radius 3 is 3.00 bits per heavy atom. The molecule has 1 N–H and O–H groups in total. The van der Waals surface area contributed by atoms with Crippen molar-refractivity contribution >= 4 is 17.2 Å². The van der Waals surface area contributed by atoms with Crippen molar-refractivity contribution in [2.45, 2.75) is 12.5 Å². The topological polar surface area (TPSA) is 44.8 Å². The zero-order valence-corrected chi connectivity index (χ0v) is 14.0. The van der Waals surface area contributed by atoms with E-state index in [0.29, 0.717) is 0 Å². The molecule has 0 bridgehead atoms. The van der Waals surface area contributed by atoms with Crippen LogP contribution in [0.1, 0.15) is 17.3 Å². The van der Waals surface area contributed by atoms with Crippen LogP contribution in [0.2, 0.25) is 0 Å². The maximum absolute atomic E-state index is 12.6. The molecular weight excluding hydrogens is 298 g/mol. The zero-order chi connectivity index (χ0) is 15.4. The first-order chi connectivity index (χ1) is 10.8. The first-order valence-corrected chi connectivity index (χ1v) is 8.94. The number of nitrogens with one attached hydrogen (secondary N) is 1. The Balaban J connectivity index is 1.67. The summed E-state index contributed by atoms with van der Waals surface area (Å²) in [6.45, 7) is 5.99. The highest BCUT2D eigenvalue weighted by Crippen LogP contribution is 2.27. The van der Waals surface area contributed by atoms with Crippen LogP contribution in [0.25, 0.3) is 0 Å². The lowest BCUT2D eigenvalue weighted by atomic mass is 10.1. The van der Waals surface area contributed by atoms with E-state index < -0.39 is 0 Å². The van der Waals surface area contributed by atoms with Crippen LogP contribution in [0, 0.1) is 5.92 Å². The van der Waals surface area contributed by atoms with Gasteiger partial charge in [0.25, 0.3) is 0 Å². The lowest BCUT2D eigenvalue weighted by Gasteiger charge is -2.36. The number of nitrogens with zero attached hydrogens (tertiary/aromatic N) is 2. The molecule has 5 nitrogen and oxygen atoms in total. The highest BCUT2D eigenvalue weighted by Gasteiger charge is 2.30. The summed E-state index contributed by atoms with van der Waals surface area (Å²) in [7, 11) is 1.95. The zero-order valence-electron chi connectivity index (χ0n) is 13.2. The van der Waals surface area contributed by atoms with Gasteiger partial charge in [0.15, 0.2) is 0 Å².